The summed E-state index contributed by atoms with van der Waals surface area (Å²) in [6, 6.07) is 9.20. The van der Waals surface area contributed by atoms with Gasteiger partial charge in [-0.1, -0.05) is 12.1 Å². The van der Waals surface area contributed by atoms with E-state index < -0.39 is 10.9 Å². The Bertz CT molecular complexity index is 731. The van der Waals surface area contributed by atoms with Crippen LogP contribution in [-0.4, -0.2) is 16.0 Å². The van der Waals surface area contributed by atoms with Crippen LogP contribution in [0.25, 0.3) is 0 Å². The number of nitro groups is 1. The number of rotatable bonds is 4. The fourth-order valence-electron chi connectivity index (χ4n) is 1.82. The molecule has 0 aliphatic carbocycles. The van der Waals surface area contributed by atoms with E-state index in [2.05, 4.69) is 21.2 Å². The van der Waals surface area contributed by atoms with Crippen molar-refractivity contribution in [1.82, 2.24) is 0 Å². The Balaban J connectivity index is 2.46. The second-order valence-corrected chi connectivity index (χ2v) is 5.15. The lowest BCUT2D eigenvalue weighted by Crippen LogP contribution is -2.04. The molecule has 0 fully saturated rings. The largest absolute Gasteiger partial charge is 0.478 e. The van der Waals surface area contributed by atoms with E-state index in [4.69, 9.17) is 0 Å². The molecular formula is C14H11BrN2O4. The third-order valence-electron chi connectivity index (χ3n) is 2.91. The molecule has 7 heteroatoms. The third kappa shape index (κ3) is 3.19. The summed E-state index contributed by atoms with van der Waals surface area (Å²) in [7, 11) is 0. The predicted octanol–water partition coefficient (Wildman–Crippen LogP) is 4.11. The van der Waals surface area contributed by atoms with Crippen LogP contribution in [0, 0.1) is 17.0 Å². The molecule has 0 bridgehead atoms. The SMILES string of the molecule is Cc1cccc(Nc2ccc([N+](=O)[O-])cc2C(=O)O)c1Br. The van der Waals surface area contributed by atoms with E-state index in [1.54, 1.807) is 6.07 Å². The summed E-state index contributed by atoms with van der Waals surface area (Å²) in [6.07, 6.45) is 0. The van der Waals surface area contributed by atoms with Crippen LogP contribution in [0.1, 0.15) is 15.9 Å². The standard InChI is InChI=1S/C14H11BrN2O4/c1-8-3-2-4-12(13(8)15)16-11-6-5-9(17(20)21)7-10(11)14(18)19/h2-7,16H,1H3,(H,18,19). The van der Waals surface area contributed by atoms with Gasteiger partial charge in [-0.2, -0.15) is 0 Å². The molecule has 2 aromatic carbocycles. The maximum absolute atomic E-state index is 11.3. The fourth-order valence-corrected chi connectivity index (χ4v) is 2.18. The highest BCUT2D eigenvalue weighted by atomic mass is 79.9. The lowest BCUT2D eigenvalue weighted by Gasteiger charge is -2.12. The quantitative estimate of drug-likeness (QED) is 0.639. The molecule has 2 N–H and O–H groups in total. The maximum atomic E-state index is 11.3. The van der Waals surface area contributed by atoms with Crippen LogP contribution in [0.5, 0.6) is 0 Å². The lowest BCUT2D eigenvalue weighted by molar-refractivity contribution is -0.384. The average molecular weight is 351 g/mol. The Labute approximate surface area is 128 Å². The van der Waals surface area contributed by atoms with E-state index in [1.807, 2.05) is 19.1 Å². The number of carboxylic acid groups (broad SMARTS) is 1. The monoisotopic (exact) mass is 350 g/mol. The number of hydrogen-bond donors (Lipinski definition) is 2. The fraction of sp³-hybridized carbons (Fsp3) is 0.0714. The van der Waals surface area contributed by atoms with Gasteiger partial charge in [0.25, 0.3) is 5.69 Å². The summed E-state index contributed by atoms with van der Waals surface area (Å²) in [6.45, 7) is 1.91. The first-order chi connectivity index (χ1) is 9.90. The molecular weight excluding hydrogens is 340 g/mol. The zero-order chi connectivity index (χ0) is 15.6. The molecule has 2 rings (SSSR count). The normalized spacial score (nSPS) is 10.2. The van der Waals surface area contributed by atoms with Gasteiger partial charge in [-0.15, -0.1) is 0 Å². The minimum absolute atomic E-state index is 0.155. The first kappa shape index (κ1) is 15.0. The number of anilines is 2. The molecule has 2 aromatic rings. The third-order valence-corrected chi connectivity index (χ3v) is 3.96. The minimum Gasteiger partial charge on any atom is -0.478 e. The molecule has 0 aliphatic rings. The van der Waals surface area contributed by atoms with Gasteiger partial charge < -0.3 is 10.4 Å². The highest BCUT2D eigenvalue weighted by molar-refractivity contribution is 9.10. The highest BCUT2D eigenvalue weighted by Crippen LogP contribution is 2.31. The number of nitrogens with zero attached hydrogens (tertiary/aromatic N) is 1. The van der Waals surface area contributed by atoms with Crippen molar-refractivity contribution in [3.63, 3.8) is 0 Å². The van der Waals surface area contributed by atoms with E-state index >= 15 is 0 Å². The number of halogens is 1. The number of carbonyl (C=O) groups is 1. The molecule has 6 nitrogen and oxygen atoms in total. The number of carboxylic acids is 1. The summed E-state index contributed by atoms with van der Waals surface area (Å²) in [5, 5.41) is 22.9. The Morgan fingerprint density at radius 2 is 2.00 bits per heavy atom. The zero-order valence-corrected chi connectivity index (χ0v) is 12.5. The number of nitro benzene ring substituents is 1. The molecule has 21 heavy (non-hydrogen) atoms. The lowest BCUT2D eigenvalue weighted by atomic mass is 10.1. The first-order valence-electron chi connectivity index (χ1n) is 5.94. The van der Waals surface area contributed by atoms with E-state index in [9.17, 15) is 20.0 Å². The van der Waals surface area contributed by atoms with Crippen molar-refractivity contribution < 1.29 is 14.8 Å². The van der Waals surface area contributed by atoms with Gasteiger partial charge in [-0.3, -0.25) is 10.1 Å². The van der Waals surface area contributed by atoms with Crippen LogP contribution in [0.3, 0.4) is 0 Å². The van der Waals surface area contributed by atoms with Crippen molar-refractivity contribution in [2.75, 3.05) is 5.32 Å². The van der Waals surface area contributed by atoms with Gasteiger partial charge in [0.05, 0.1) is 21.9 Å². The molecule has 0 unspecified atom stereocenters. The molecule has 108 valence electrons. The van der Waals surface area contributed by atoms with Crippen LogP contribution in [0.4, 0.5) is 17.1 Å². The van der Waals surface area contributed by atoms with Crippen molar-refractivity contribution in [3.05, 3.63) is 62.1 Å². The molecule has 0 aromatic heterocycles. The number of nitrogens with one attached hydrogen (secondary N) is 1. The molecule has 0 spiro atoms. The van der Waals surface area contributed by atoms with Gasteiger partial charge in [0, 0.05) is 16.6 Å². The van der Waals surface area contributed by atoms with Gasteiger partial charge in [0.15, 0.2) is 0 Å². The second kappa shape index (κ2) is 5.92. The number of aryl methyl sites for hydroxylation is 1. The Morgan fingerprint density at radius 3 is 2.62 bits per heavy atom. The average Bonchev–Trinajstić information content (AvgIpc) is 2.43. The van der Waals surface area contributed by atoms with Crippen molar-refractivity contribution in [3.8, 4) is 0 Å². The van der Waals surface area contributed by atoms with Crippen LogP contribution in [0.2, 0.25) is 0 Å². The number of non-ortho nitro benzene ring substituents is 1. The summed E-state index contributed by atoms with van der Waals surface area (Å²) >= 11 is 3.42. The molecule has 0 saturated heterocycles. The van der Waals surface area contributed by atoms with Crippen molar-refractivity contribution in [2.24, 2.45) is 0 Å². The van der Waals surface area contributed by atoms with Crippen molar-refractivity contribution in [1.29, 1.82) is 0 Å². The first-order valence-corrected chi connectivity index (χ1v) is 6.73. The van der Waals surface area contributed by atoms with Gasteiger partial charge in [0.1, 0.15) is 0 Å². The van der Waals surface area contributed by atoms with E-state index in [0.29, 0.717) is 11.4 Å². The van der Waals surface area contributed by atoms with Crippen LogP contribution in [-0.2, 0) is 0 Å². The molecule has 0 atom stereocenters. The van der Waals surface area contributed by atoms with Crippen molar-refractivity contribution >= 4 is 39.0 Å². The Kier molecular flexibility index (Phi) is 4.23. The molecule has 0 aliphatic heterocycles. The second-order valence-electron chi connectivity index (χ2n) is 4.35. The number of hydrogen-bond acceptors (Lipinski definition) is 4. The van der Waals surface area contributed by atoms with Crippen LogP contribution in [0.15, 0.2) is 40.9 Å². The maximum Gasteiger partial charge on any atom is 0.338 e. The number of aromatic carboxylic acids is 1. The molecule has 0 radical (unpaired) electrons. The Hall–Kier alpha value is -2.41. The Morgan fingerprint density at radius 1 is 1.29 bits per heavy atom. The predicted molar refractivity (Wildman–Crippen MR) is 82.2 cm³/mol. The van der Waals surface area contributed by atoms with E-state index in [-0.39, 0.29) is 11.3 Å². The van der Waals surface area contributed by atoms with Gasteiger partial charge in [0.2, 0.25) is 0 Å². The summed E-state index contributed by atoms with van der Waals surface area (Å²) in [5.74, 6) is -1.23. The van der Waals surface area contributed by atoms with Gasteiger partial charge >= 0.3 is 5.97 Å². The van der Waals surface area contributed by atoms with Crippen LogP contribution < -0.4 is 5.32 Å². The molecule has 0 heterocycles. The highest BCUT2D eigenvalue weighted by Gasteiger charge is 2.16. The topological polar surface area (TPSA) is 92.5 Å². The van der Waals surface area contributed by atoms with Crippen molar-refractivity contribution in [2.45, 2.75) is 6.92 Å². The number of benzene rings is 2. The minimum atomic E-state index is -1.23. The molecule has 0 amide bonds. The summed E-state index contributed by atoms with van der Waals surface area (Å²) in [5.41, 5.74) is 1.54. The van der Waals surface area contributed by atoms with Gasteiger partial charge in [-0.25, -0.2) is 4.79 Å². The van der Waals surface area contributed by atoms with Crippen LogP contribution >= 0.6 is 15.9 Å². The van der Waals surface area contributed by atoms with E-state index in [0.717, 1.165) is 16.1 Å². The molecule has 0 saturated carbocycles. The van der Waals surface area contributed by atoms with E-state index in [1.165, 1.54) is 12.1 Å². The smallest absolute Gasteiger partial charge is 0.338 e. The van der Waals surface area contributed by atoms with Gasteiger partial charge in [-0.05, 0) is 40.5 Å². The summed E-state index contributed by atoms with van der Waals surface area (Å²) in [4.78, 5) is 21.4. The zero-order valence-electron chi connectivity index (χ0n) is 11.0. The summed E-state index contributed by atoms with van der Waals surface area (Å²) < 4.78 is 0.805.